The molecule has 2 aromatic carbocycles. The van der Waals surface area contributed by atoms with E-state index in [4.69, 9.17) is 5.73 Å². The zero-order chi connectivity index (χ0) is 15.2. The molecule has 1 amide bonds. The zero-order valence-electron chi connectivity index (χ0n) is 12.1. The molecule has 2 rings (SSSR count). The van der Waals surface area contributed by atoms with Crippen LogP contribution in [0.2, 0.25) is 0 Å². The highest BCUT2D eigenvalue weighted by atomic mass is 19.1. The number of hydrogen-bond acceptors (Lipinski definition) is 2. The molecule has 0 bridgehead atoms. The summed E-state index contributed by atoms with van der Waals surface area (Å²) in [4.78, 5) is 14.1. The molecule has 0 radical (unpaired) electrons. The van der Waals surface area contributed by atoms with Gasteiger partial charge in [-0.15, -0.1) is 0 Å². The van der Waals surface area contributed by atoms with E-state index in [1.807, 2.05) is 37.3 Å². The third kappa shape index (κ3) is 3.60. The van der Waals surface area contributed by atoms with Crippen molar-refractivity contribution in [1.29, 1.82) is 0 Å². The lowest BCUT2D eigenvalue weighted by molar-refractivity contribution is 0.0767. The summed E-state index contributed by atoms with van der Waals surface area (Å²) in [5.74, 6) is -0.787. The van der Waals surface area contributed by atoms with Gasteiger partial charge in [0.05, 0.1) is 11.3 Å². The Labute approximate surface area is 124 Å². The van der Waals surface area contributed by atoms with Crippen LogP contribution in [-0.4, -0.2) is 23.9 Å². The molecule has 0 unspecified atom stereocenters. The Bertz CT molecular complexity index is 613. The van der Waals surface area contributed by atoms with Gasteiger partial charge in [-0.05, 0) is 31.0 Å². The fraction of sp³-hybridized carbons (Fsp3) is 0.235. The second kappa shape index (κ2) is 6.88. The van der Waals surface area contributed by atoms with Gasteiger partial charge >= 0.3 is 0 Å². The van der Waals surface area contributed by atoms with Gasteiger partial charge in [-0.2, -0.15) is 0 Å². The summed E-state index contributed by atoms with van der Waals surface area (Å²) in [5, 5.41) is 0. The largest absolute Gasteiger partial charge is 0.396 e. The molecule has 4 heteroatoms. The van der Waals surface area contributed by atoms with E-state index >= 15 is 0 Å². The summed E-state index contributed by atoms with van der Waals surface area (Å²) in [6, 6.07) is 14.3. The van der Waals surface area contributed by atoms with E-state index in [0.717, 1.165) is 12.0 Å². The van der Waals surface area contributed by atoms with Crippen LogP contribution in [0.1, 0.15) is 22.8 Å². The molecule has 3 nitrogen and oxygen atoms in total. The van der Waals surface area contributed by atoms with Crippen LogP contribution in [0, 0.1) is 5.82 Å². The van der Waals surface area contributed by atoms with Crippen molar-refractivity contribution in [2.75, 3.05) is 18.8 Å². The van der Waals surface area contributed by atoms with Crippen molar-refractivity contribution in [1.82, 2.24) is 4.90 Å². The van der Waals surface area contributed by atoms with Gasteiger partial charge in [0, 0.05) is 13.1 Å². The molecule has 0 saturated carbocycles. The zero-order valence-corrected chi connectivity index (χ0v) is 12.1. The maximum atomic E-state index is 13.5. The van der Waals surface area contributed by atoms with E-state index in [2.05, 4.69) is 0 Å². The molecular weight excluding hydrogens is 267 g/mol. The Morgan fingerprint density at radius 3 is 2.52 bits per heavy atom. The third-order valence-corrected chi connectivity index (χ3v) is 3.47. The van der Waals surface area contributed by atoms with Gasteiger partial charge in [-0.3, -0.25) is 4.79 Å². The molecule has 0 aliphatic carbocycles. The van der Waals surface area contributed by atoms with Gasteiger partial charge in [0.15, 0.2) is 0 Å². The summed E-state index contributed by atoms with van der Waals surface area (Å²) in [7, 11) is 0. The Morgan fingerprint density at radius 1 is 1.14 bits per heavy atom. The minimum atomic E-state index is -0.556. The van der Waals surface area contributed by atoms with Gasteiger partial charge in [-0.1, -0.05) is 36.4 Å². The molecular formula is C17H19FN2O. The summed E-state index contributed by atoms with van der Waals surface area (Å²) < 4.78 is 13.5. The number of nitrogen functional groups attached to an aromatic ring is 1. The molecule has 0 heterocycles. The minimum absolute atomic E-state index is 0.0827. The quantitative estimate of drug-likeness (QED) is 0.858. The Kier molecular flexibility index (Phi) is 4.93. The molecule has 0 spiro atoms. The Morgan fingerprint density at radius 2 is 1.86 bits per heavy atom. The number of carbonyl (C=O) groups is 1. The first-order valence-corrected chi connectivity index (χ1v) is 7.00. The summed E-state index contributed by atoms with van der Waals surface area (Å²) in [6.07, 6.45) is 0.760. The summed E-state index contributed by atoms with van der Waals surface area (Å²) in [6.45, 7) is 3.04. The van der Waals surface area contributed by atoms with E-state index < -0.39 is 5.82 Å². The first-order valence-electron chi connectivity index (χ1n) is 7.00. The molecule has 0 aliphatic rings. The molecule has 0 fully saturated rings. The predicted octanol–water partition coefficient (Wildman–Crippen LogP) is 3.11. The maximum absolute atomic E-state index is 13.5. The normalized spacial score (nSPS) is 10.4. The lowest BCUT2D eigenvalue weighted by Gasteiger charge is -2.21. The molecule has 2 N–H and O–H groups in total. The van der Waals surface area contributed by atoms with Gasteiger partial charge in [0.25, 0.3) is 5.91 Å². The lowest BCUT2D eigenvalue weighted by atomic mass is 10.1. The van der Waals surface area contributed by atoms with Crippen molar-refractivity contribution in [2.24, 2.45) is 0 Å². The number of likely N-dealkylation sites (N-methyl/N-ethyl adjacent to an activating group) is 1. The van der Waals surface area contributed by atoms with Crippen molar-refractivity contribution in [3.63, 3.8) is 0 Å². The number of anilines is 1. The van der Waals surface area contributed by atoms with Crippen LogP contribution in [-0.2, 0) is 6.42 Å². The number of nitrogens with two attached hydrogens (primary N) is 1. The molecule has 0 aliphatic heterocycles. The highest BCUT2D eigenvalue weighted by Crippen LogP contribution is 2.18. The fourth-order valence-electron chi connectivity index (χ4n) is 2.21. The first kappa shape index (κ1) is 15.0. The summed E-state index contributed by atoms with van der Waals surface area (Å²) >= 11 is 0. The van der Waals surface area contributed by atoms with Crippen molar-refractivity contribution in [3.05, 3.63) is 65.5 Å². The van der Waals surface area contributed by atoms with Gasteiger partial charge in [0.1, 0.15) is 5.82 Å². The van der Waals surface area contributed by atoms with E-state index in [0.29, 0.717) is 13.1 Å². The topological polar surface area (TPSA) is 46.3 Å². The van der Waals surface area contributed by atoms with Crippen molar-refractivity contribution in [2.45, 2.75) is 13.3 Å². The number of carbonyl (C=O) groups excluding carboxylic acids is 1. The third-order valence-electron chi connectivity index (χ3n) is 3.47. The smallest absolute Gasteiger partial charge is 0.256 e. The van der Waals surface area contributed by atoms with Crippen molar-refractivity contribution in [3.8, 4) is 0 Å². The van der Waals surface area contributed by atoms with E-state index in [-0.39, 0.29) is 17.2 Å². The van der Waals surface area contributed by atoms with Crippen LogP contribution in [0.25, 0.3) is 0 Å². The highest BCUT2D eigenvalue weighted by Gasteiger charge is 2.18. The molecule has 110 valence electrons. The van der Waals surface area contributed by atoms with Crippen LogP contribution in [0.5, 0.6) is 0 Å². The van der Waals surface area contributed by atoms with E-state index in [1.165, 1.54) is 12.1 Å². The predicted molar refractivity (Wildman–Crippen MR) is 82.5 cm³/mol. The first-order chi connectivity index (χ1) is 10.1. The fourth-order valence-corrected chi connectivity index (χ4v) is 2.21. The SMILES string of the molecule is CCN(CCc1ccccc1)C(=O)c1cccc(F)c1N. The average Bonchev–Trinajstić information content (AvgIpc) is 2.51. The van der Waals surface area contributed by atoms with Crippen molar-refractivity contribution >= 4 is 11.6 Å². The molecule has 0 aromatic heterocycles. The van der Waals surface area contributed by atoms with E-state index in [1.54, 1.807) is 11.0 Å². The highest BCUT2D eigenvalue weighted by molar-refractivity contribution is 5.99. The van der Waals surface area contributed by atoms with Crippen LogP contribution in [0.4, 0.5) is 10.1 Å². The standard InChI is InChI=1S/C17H19FN2O/c1-2-20(12-11-13-7-4-3-5-8-13)17(21)14-9-6-10-15(18)16(14)19/h3-10H,2,11-12,19H2,1H3. The molecule has 0 saturated heterocycles. The second-order valence-corrected chi connectivity index (χ2v) is 4.82. The number of para-hydroxylation sites is 1. The molecule has 2 aromatic rings. The van der Waals surface area contributed by atoms with E-state index in [9.17, 15) is 9.18 Å². The van der Waals surface area contributed by atoms with Gasteiger partial charge in [-0.25, -0.2) is 4.39 Å². The van der Waals surface area contributed by atoms with Crippen LogP contribution < -0.4 is 5.73 Å². The van der Waals surface area contributed by atoms with Gasteiger partial charge in [0.2, 0.25) is 0 Å². The summed E-state index contributed by atoms with van der Waals surface area (Å²) in [5.41, 5.74) is 6.97. The minimum Gasteiger partial charge on any atom is -0.396 e. The number of rotatable bonds is 5. The van der Waals surface area contributed by atoms with Crippen molar-refractivity contribution < 1.29 is 9.18 Å². The van der Waals surface area contributed by atoms with Gasteiger partial charge < -0.3 is 10.6 Å². The molecule has 21 heavy (non-hydrogen) atoms. The van der Waals surface area contributed by atoms with Crippen LogP contribution in [0.15, 0.2) is 48.5 Å². The second-order valence-electron chi connectivity index (χ2n) is 4.82. The van der Waals surface area contributed by atoms with Crippen LogP contribution in [0.3, 0.4) is 0 Å². The number of amides is 1. The van der Waals surface area contributed by atoms with Crippen LogP contribution >= 0.6 is 0 Å². The number of benzene rings is 2. The number of halogens is 1. The lowest BCUT2D eigenvalue weighted by Crippen LogP contribution is -2.33. The molecule has 0 atom stereocenters. The maximum Gasteiger partial charge on any atom is 0.256 e. The number of nitrogens with zero attached hydrogens (tertiary/aromatic N) is 1. The Balaban J connectivity index is 2.10. The average molecular weight is 286 g/mol. The monoisotopic (exact) mass is 286 g/mol. The Hall–Kier alpha value is -2.36. The number of hydrogen-bond donors (Lipinski definition) is 1.